The number of anilines is 2. The Morgan fingerprint density at radius 1 is 0.893 bits per heavy atom. The van der Waals surface area contributed by atoms with Crippen LogP contribution < -0.4 is 9.75 Å². The number of nitroso groups, excluding NO2 is 1. The summed E-state index contributed by atoms with van der Waals surface area (Å²) in [6, 6.07) is 23.3. The third-order valence-electron chi connectivity index (χ3n) is 4.08. The van der Waals surface area contributed by atoms with Gasteiger partial charge < -0.3 is 15.2 Å². The number of hydroxylamine groups is 1. The normalized spacial score (nSPS) is 11.1. The van der Waals surface area contributed by atoms with Crippen LogP contribution in [0.4, 0.5) is 11.4 Å². The topological polar surface area (TPSA) is 101 Å². The van der Waals surface area contributed by atoms with Gasteiger partial charge in [0.05, 0.1) is 16.7 Å². The van der Waals surface area contributed by atoms with Crippen LogP contribution in [0, 0.1) is 10.1 Å². The van der Waals surface area contributed by atoms with Crippen molar-refractivity contribution in [3.05, 3.63) is 100 Å². The van der Waals surface area contributed by atoms with Crippen LogP contribution >= 0.6 is 0 Å². The first-order valence-electron chi connectivity index (χ1n) is 8.49. The van der Waals surface area contributed by atoms with Gasteiger partial charge in [-0.3, -0.25) is 0 Å². The zero-order chi connectivity index (χ0) is 19.8. The van der Waals surface area contributed by atoms with E-state index in [1.54, 1.807) is 48.5 Å². The molecule has 8 heteroatoms. The lowest BCUT2D eigenvalue weighted by molar-refractivity contribution is -0.570. The lowest BCUT2D eigenvalue weighted by Crippen LogP contribution is -2.07. The molecule has 0 saturated carbocycles. The number of nitrogens with zero attached hydrogens (tertiary/aromatic N) is 4. The highest BCUT2D eigenvalue weighted by Crippen LogP contribution is 2.27. The van der Waals surface area contributed by atoms with E-state index >= 15 is 0 Å². The van der Waals surface area contributed by atoms with E-state index in [4.69, 9.17) is 9.94 Å². The largest absolute Gasteiger partial charge is 0.597 e. The Hall–Kier alpha value is -3.94. The third kappa shape index (κ3) is 4.61. The second kappa shape index (κ2) is 9.13. The predicted molar refractivity (Wildman–Crippen MR) is 103 cm³/mol. The number of benzene rings is 3. The molecule has 0 aliphatic carbocycles. The van der Waals surface area contributed by atoms with E-state index < -0.39 is 0 Å². The molecule has 0 bridgehead atoms. The molecule has 0 unspecified atom stereocenters. The van der Waals surface area contributed by atoms with Crippen molar-refractivity contribution in [2.75, 3.05) is 5.01 Å². The molecule has 0 spiro atoms. The molecule has 0 heterocycles. The van der Waals surface area contributed by atoms with Gasteiger partial charge in [-0.25, -0.2) is 0 Å². The van der Waals surface area contributed by atoms with Crippen LogP contribution in [0.5, 0.6) is 5.75 Å². The van der Waals surface area contributed by atoms with Crippen LogP contribution in [0.1, 0.15) is 11.1 Å². The minimum Gasteiger partial charge on any atom is -0.597 e. The van der Waals surface area contributed by atoms with E-state index in [9.17, 15) is 10.1 Å². The fourth-order valence-electron chi connectivity index (χ4n) is 2.69. The summed E-state index contributed by atoms with van der Waals surface area (Å²) in [4.78, 5) is 11.4. The van der Waals surface area contributed by atoms with Gasteiger partial charge in [-0.1, -0.05) is 47.3 Å². The van der Waals surface area contributed by atoms with Crippen LogP contribution in [0.15, 0.2) is 89.4 Å². The van der Waals surface area contributed by atoms with Gasteiger partial charge in [0.15, 0.2) is 5.28 Å². The first kappa shape index (κ1) is 18.8. The standard InChI is InChI=1S/C20H18N4O4/c25-21-23(27)14-16-6-4-5-7-17(16)15-28-20-12-10-19(11-13-20)24(22-26)18-8-2-1-3-9-18/h1-13,25H,14-15H2. The van der Waals surface area contributed by atoms with E-state index in [0.29, 0.717) is 22.7 Å². The Bertz CT molecular complexity index is 946. The first-order valence-corrected chi connectivity index (χ1v) is 8.49. The van der Waals surface area contributed by atoms with Gasteiger partial charge in [0.1, 0.15) is 12.4 Å². The van der Waals surface area contributed by atoms with Crippen molar-refractivity contribution in [3.8, 4) is 5.75 Å². The molecular weight excluding hydrogens is 360 g/mol. The Balaban J connectivity index is 1.69. The fourth-order valence-corrected chi connectivity index (χ4v) is 2.69. The maximum atomic E-state index is 11.3. The van der Waals surface area contributed by atoms with E-state index in [1.165, 1.54) is 5.01 Å². The van der Waals surface area contributed by atoms with Crippen molar-refractivity contribution >= 4 is 11.4 Å². The highest BCUT2D eigenvalue weighted by Gasteiger charge is 2.10. The van der Waals surface area contributed by atoms with Crippen LogP contribution in [-0.2, 0) is 13.2 Å². The number of hydrogen-bond acceptors (Lipinski definition) is 5. The van der Waals surface area contributed by atoms with E-state index in [2.05, 4.69) is 10.6 Å². The molecule has 1 N–H and O–H groups in total. The number of para-hydroxylation sites is 1. The Labute approximate surface area is 161 Å². The molecule has 142 valence electrons. The number of hydrogen-bond donors (Lipinski definition) is 1. The van der Waals surface area contributed by atoms with Gasteiger partial charge >= 0.3 is 0 Å². The SMILES string of the molecule is O=NN(c1ccccc1)c1ccc(OCc2ccccc2C[N+]([O-])=NO)cc1. The molecule has 0 fully saturated rings. The van der Waals surface area contributed by atoms with Gasteiger partial charge in [-0.15, -0.1) is 4.91 Å². The molecule has 0 radical (unpaired) electrons. The zero-order valence-electron chi connectivity index (χ0n) is 14.9. The fraction of sp³-hybridized carbons (Fsp3) is 0.100. The van der Waals surface area contributed by atoms with Crippen molar-refractivity contribution in [1.29, 1.82) is 0 Å². The van der Waals surface area contributed by atoms with Gasteiger partial charge in [0.2, 0.25) is 6.54 Å². The van der Waals surface area contributed by atoms with Crippen LogP contribution in [-0.4, -0.2) is 10.1 Å². The van der Waals surface area contributed by atoms with Crippen molar-refractivity contribution in [2.24, 2.45) is 10.6 Å². The molecule has 3 rings (SSSR count). The molecule has 8 nitrogen and oxygen atoms in total. The molecule has 0 atom stereocenters. The second-order valence-electron chi connectivity index (χ2n) is 5.88. The van der Waals surface area contributed by atoms with Crippen molar-refractivity contribution in [3.63, 3.8) is 0 Å². The van der Waals surface area contributed by atoms with Crippen LogP contribution in [0.25, 0.3) is 0 Å². The lowest BCUT2D eigenvalue weighted by atomic mass is 10.1. The average molecular weight is 378 g/mol. The van der Waals surface area contributed by atoms with Gasteiger partial charge in [0, 0.05) is 5.56 Å². The summed E-state index contributed by atoms with van der Waals surface area (Å²) in [7, 11) is 0. The smallest absolute Gasteiger partial charge is 0.209 e. The first-order chi connectivity index (χ1) is 13.7. The molecule has 28 heavy (non-hydrogen) atoms. The second-order valence-corrected chi connectivity index (χ2v) is 5.88. The number of ether oxygens (including phenoxy) is 1. The summed E-state index contributed by atoms with van der Waals surface area (Å²) in [5.41, 5.74) is 2.78. The molecule has 0 aromatic heterocycles. The Kier molecular flexibility index (Phi) is 6.14. The zero-order valence-corrected chi connectivity index (χ0v) is 14.9. The molecule has 3 aromatic carbocycles. The summed E-state index contributed by atoms with van der Waals surface area (Å²) in [6.45, 7) is 0.162. The monoisotopic (exact) mass is 378 g/mol. The van der Waals surface area contributed by atoms with E-state index in [0.717, 1.165) is 5.56 Å². The summed E-state index contributed by atoms with van der Waals surface area (Å²) in [5, 5.41) is 26.8. The van der Waals surface area contributed by atoms with E-state index in [1.807, 2.05) is 30.3 Å². The van der Waals surface area contributed by atoms with Crippen molar-refractivity contribution < 1.29 is 14.8 Å². The molecule has 0 aliphatic heterocycles. The van der Waals surface area contributed by atoms with E-state index in [-0.39, 0.29) is 18.0 Å². The maximum absolute atomic E-state index is 11.3. The summed E-state index contributed by atoms with van der Waals surface area (Å²) >= 11 is 0. The Morgan fingerprint density at radius 2 is 1.50 bits per heavy atom. The highest BCUT2D eigenvalue weighted by molar-refractivity contribution is 5.62. The summed E-state index contributed by atoms with van der Waals surface area (Å²) < 4.78 is 5.78. The molecule has 3 aromatic rings. The minimum absolute atomic E-state index is 0.0774. The van der Waals surface area contributed by atoms with Crippen LogP contribution in [0.3, 0.4) is 0 Å². The quantitative estimate of drug-likeness (QED) is 0.259. The number of rotatable bonds is 8. The summed E-state index contributed by atoms with van der Waals surface area (Å²) in [6.07, 6.45) is 0. The lowest BCUT2D eigenvalue weighted by Gasteiger charge is -2.16. The highest BCUT2D eigenvalue weighted by atomic mass is 16.6. The molecule has 0 amide bonds. The predicted octanol–water partition coefficient (Wildman–Crippen LogP) is 4.94. The average Bonchev–Trinajstić information content (AvgIpc) is 2.75. The van der Waals surface area contributed by atoms with Gasteiger partial charge in [-0.05, 0) is 42.0 Å². The van der Waals surface area contributed by atoms with Crippen molar-refractivity contribution in [1.82, 2.24) is 0 Å². The third-order valence-corrected chi connectivity index (χ3v) is 4.08. The van der Waals surface area contributed by atoms with Gasteiger partial charge in [-0.2, -0.15) is 5.01 Å². The minimum atomic E-state index is -0.0774. The maximum Gasteiger partial charge on any atom is 0.209 e. The van der Waals surface area contributed by atoms with Crippen molar-refractivity contribution in [2.45, 2.75) is 13.2 Å². The molecule has 0 saturated heterocycles. The molecule has 0 aliphatic rings. The van der Waals surface area contributed by atoms with Gasteiger partial charge in [0.25, 0.3) is 0 Å². The van der Waals surface area contributed by atoms with Crippen LogP contribution in [0.2, 0.25) is 0 Å². The molecular formula is C20H18N4O4. The summed E-state index contributed by atoms with van der Waals surface area (Å²) in [5.74, 6) is 0.600. The Morgan fingerprint density at radius 3 is 2.14 bits per heavy atom.